The van der Waals surface area contributed by atoms with Gasteiger partial charge < -0.3 is 19.5 Å². The van der Waals surface area contributed by atoms with Crippen LogP contribution in [0.2, 0.25) is 0 Å². The second-order valence-corrected chi connectivity index (χ2v) is 6.57. The van der Waals surface area contributed by atoms with Crippen LogP contribution in [0.5, 0.6) is 0 Å². The minimum Gasteiger partial charge on any atom is -0.368 e. The van der Waals surface area contributed by atoms with Crippen molar-refractivity contribution in [3.05, 3.63) is 54.0 Å². The molecule has 1 N–H and O–H groups in total. The quantitative estimate of drug-likeness (QED) is 0.783. The van der Waals surface area contributed by atoms with E-state index in [1.807, 2.05) is 60.4 Å². The van der Waals surface area contributed by atoms with Gasteiger partial charge in [-0.1, -0.05) is 0 Å². The van der Waals surface area contributed by atoms with Crippen LogP contribution >= 0.6 is 0 Å². The van der Waals surface area contributed by atoms with Gasteiger partial charge >= 0.3 is 0 Å². The highest BCUT2D eigenvalue weighted by Gasteiger charge is 2.27. The lowest BCUT2D eigenvalue weighted by Crippen LogP contribution is -2.42. The number of rotatable bonds is 3. The number of H-pyrrole nitrogens is 1. The number of amides is 1. The fourth-order valence-electron chi connectivity index (χ4n) is 3.14. The Morgan fingerprint density at radius 2 is 2.19 bits per heavy atom. The fourth-order valence-corrected chi connectivity index (χ4v) is 3.14. The Bertz CT molecular complexity index is 936. The Morgan fingerprint density at radius 1 is 1.31 bits per heavy atom. The Labute approximate surface area is 151 Å². The van der Waals surface area contributed by atoms with Crippen molar-refractivity contribution >= 4 is 22.8 Å². The van der Waals surface area contributed by atoms with Crippen molar-refractivity contribution in [2.45, 2.75) is 6.10 Å². The topological polar surface area (TPSA) is 74.4 Å². The van der Waals surface area contributed by atoms with Gasteiger partial charge in [0, 0.05) is 49.5 Å². The molecule has 0 radical (unpaired) electrons. The van der Waals surface area contributed by atoms with E-state index in [2.05, 4.69) is 15.0 Å². The van der Waals surface area contributed by atoms with Crippen molar-refractivity contribution in [1.82, 2.24) is 19.9 Å². The molecule has 1 aromatic carbocycles. The summed E-state index contributed by atoms with van der Waals surface area (Å²) in [5.74, 6) is 0.649. The fraction of sp³-hybridized carbons (Fsp3) is 0.316. The average molecular weight is 351 g/mol. The standard InChI is InChI=1S/C19H21N5O2/c1-23(2)19-21-8-6-16(22-19)17-12-24(9-10-26-17)18(25)14-3-4-15-13(11-14)5-7-20-15/h3-8,11,17,20H,9-10,12H2,1-2H3/t17-/m0/s1. The Balaban J connectivity index is 1.54. The van der Waals surface area contributed by atoms with E-state index in [9.17, 15) is 4.79 Å². The van der Waals surface area contributed by atoms with Crippen molar-refractivity contribution in [3.63, 3.8) is 0 Å². The zero-order valence-corrected chi connectivity index (χ0v) is 14.8. The van der Waals surface area contributed by atoms with Crippen LogP contribution in [0.15, 0.2) is 42.7 Å². The average Bonchev–Trinajstić information content (AvgIpc) is 3.15. The van der Waals surface area contributed by atoms with E-state index in [0.717, 1.165) is 16.6 Å². The molecule has 0 unspecified atom stereocenters. The van der Waals surface area contributed by atoms with Crippen LogP contribution in [-0.2, 0) is 4.74 Å². The minimum absolute atomic E-state index is 0.0169. The number of aromatic nitrogens is 3. The maximum absolute atomic E-state index is 12.9. The first kappa shape index (κ1) is 16.5. The number of ether oxygens (including phenoxy) is 1. The van der Waals surface area contributed by atoms with Gasteiger partial charge in [-0.15, -0.1) is 0 Å². The normalized spacial score (nSPS) is 17.5. The highest BCUT2D eigenvalue weighted by atomic mass is 16.5. The van der Waals surface area contributed by atoms with Gasteiger partial charge in [-0.25, -0.2) is 9.97 Å². The second-order valence-electron chi connectivity index (χ2n) is 6.57. The highest BCUT2D eigenvalue weighted by Crippen LogP contribution is 2.23. The maximum atomic E-state index is 12.9. The van der Waals surface area contributed by atoms with E-state index in [1.54, 1.807) is 6.20 Å². The molecule has 1 saturated heterocycles. The number of morpholine rings is 1. The zero-order valence-electron chi connectivity index (χ0n) is 14.8. The third-order valence-electron chi connectivity index (χ3n) is 4.55. The van der Waals surface area contributed by atoms with Crippen LogP contribution in [0.25, 0.3) is 10.9 Å². The number of hydrogen-bond donors (Lipinski definition) is 1. The first-order chi connectivity index (χ1) is 12.6. The molecule has 0 saturated carbocycles. The number of nitrogens with zero attached hydrogens (tertiary/aromatic N) is 4. The summed E-state index contributed by atoms with van der Waals surface area (Å²) >= 11 is 0. The van der Waals surface area contributed by atoms with Crippen LogP contribution in [-0.4, -0.2) is 59.6 Å². The first-order valence-electron chi connectivity index (χ1n) is 8.60. The third kappa shape index (κ3) is 3.13. The van der Waals surface area contributed by atoms with Crippen molar-refractivity contribution in [3.8, 4) is 0 Å². The number of carbonyl (C=O) groups excluding carboxylic acids is 1. The molecule has 4 rings (SSSR count). The third-order valence-corrected chi connectivity index (χ3v) is 4.55. The summed E-state index contributed by atoms with van der Waals surface area (Å²) in [4.78, 5) is 28.5. The molecule has 0 aliphatic carbocycles. The summed E-state index contributed by atoms with van der Waals surface area (Å²) in [7, 11) is 3.79. The predicted molar refractivity (Wildman–Crippen MR) is 99.3 cm³/mol. The molecule has 0 bridgehead atoms. The van der Waals surface area contributed by atoms with Gasteiger partial charge in [0.1, 0.15) is 6.10 Å². The van der Waals surface area contributed by atoms with Crippen LogP contribution in [0.4, 0.5) is 5.95 Å². The van der Waals surface area contributed by atoms with Gasteiger partial charge in [0.15, 0.2) is 0 Å². The molecular weight excluding hydrogens is 330 g/mol. The Hall–Kier alpha value is -2.93. The monoisotopic (exact) mass is 351 g/mol. The zero-order chi connectivity index (χ0) is 18.1. The van der Waals surface area contributed by atoms with Crippen LogP contribution in [0.3, 0.4) is 0 Å². The molecule has 1 fully saturated rings. The van der Waals surface area contributed by atoms with E-state index in [-0.39, 0.29) is 12.0 Å². The number of aromatic amines is 1. The number of nitrogens with one attached hydrogen (secondary N) is 1. The molecule has 7 nitrogen and oxygen atoms in total. The van der Waals surface area contributed by atoms with Gasteiger partial charge in [-0.2, -0.15) is 0 Å². The molecule has 0 spiro atoms. The molecule has 26 heavy (non-hydrogen) atoms. The molecule has 134 valence electrons. The Kier molecular flexibility index (Phi) is 4.30. The molecule has 1 amide bonds. The first-order valence-corrected chi connectivity index (χ1v) is 8.60. The van der Waals surface area contributed by atoms with Crippen LogP contribution < -0.4 is 4.90 Å². The molecule has 3 aromatic rings. The number of benzene rings is 1. The summed E-state index contributed by atoms with van der Waals surface area (Å²) in [5.41, 5.74) is 2.51. The molecule has 2 aromatic heterocycles. The smallest absolute Gasteiger partial charge is 0.254 e. The van der Waals surface area contributed by atoms with Crippen LogP contribution in [0, 0.1) is 0 Å². The van der Waals surface area contributed by atoms with Gasteiger partial charge in [-0.05, 0) is 30.3 Å². The SMILES string of the molecule is CN(C)c1nccc([C@@H]2CN(C(=O)c3ccc4[nH]ccc4c3)CCO2)n1. The van der Waals surface area contributed by atoms with E-state index < -0.39 is 0 Å². The predicted octanol–water partition coefficient (Wildman–Crippen LogP) is 2.24. The number of carbonyl (C=O) groups is 1. The van der Waals surface area contributed by atoms with Crippen molar-refractivity contribution < 1.29 is 9.53 Å². The molecular formula is C19H21N5O2. The van der Waals surface area contributed by atoms with Gasteiger partial charge in [0.25, 0.3) is 5.91 Å². The summed E-state index contributed by atoms with van der Waals surface area (Å²) in [5, 5.41) is 1.03. The Morgan fingerprint density at radius 3 is 3.04 bits per heavy atom. The minimum atomic E-state index is -0.245. The molecule has 3 heterocycles. The van der Waals surface area contributed by atoms with Gasteiger partial charge in [-0.3, -0.25) is 4.79 Å². The van der Waals surface area contributed by atoms with Gasteiger partial charge in [0.05, 0.1) is 18.8 Å². The van der Waals surface area contributed by atoms with E-state index >= 15 is 0 Å². The lowest BCUT2D eigenvalue weighted by Gasteiger charge is -2.33. The highest BCUT2D eigenvalue weighted by molar-refractivity contribution is 5.98. The number of fused-ring (bicyclic) bond motifs is 1. The lowest BCUT2D eigenvalue weighted by molar-refractivity contribution is -0.0247. The van der Waals surface area contributed by atoms with Crippen molar-refractivity contribution in [2.75, 3.05) is 38.7 Å². The van der Waals surface area contributed by atoms with Gasteiger partial charge in [0.2, 0.25) is 5.95 Å². The van der Waals surface area contributed by atoms with E-state index in [0.29, 0.717) is 31.2 Å². The summed E-state index contributed by atoms with van der Waals surface area (Å²) < 4.78 is 5.87. The summed E-state index contributed by atoms with van der Waals surface area (Å²) in [6.45, 7) is 1.55. The van der Waals surface area contributed by atoms with E-state index in [4.69, 9.17) is 4.74 Å². The van der Waals surface area contributed by atoms with Crippen molar-refractivity contribution in [1.29, 1.82) is 0 Å². The number of hydrogen-bond acceptors (Lipinski definition) is 5. The maximum Gasteiger partial charge on any atom is 0.254 e. The lowest BCUT2D eigenvalue weighted by atomic mass is 10.1. The molecule has 1 aliphatic heterocycles. The number of anilines is 1. The summed E-state index contributed by atoms with van der Waals surface area (Å²) in [6.07, 6.45) is 3.35. The molecule has 1 aliphatic rings. The van der Waals surface area contributed by atoms with Crippen LogP contribution in [0.1, 0.15) is 22.2 Å². The summed E-state index contributed by atoms with van der Waals surface area (Å²) in [6, 6.07) is 9.54. The second kappa shape index (κ2) is 6.76. The molecule has 7 heteroatoms. The van der Waals surface area contributed by atoms with Crippen molar-refractivity contribution in [2.24, 2.45) is 0 Å². The largest absolute Gasteiger partial charge is 0.368 e. The van der Waals surface area contributed by atoms with E-state index in [1.165, 1.54) is 0 Å². The molecule has 1 atom stereocenters.